The molecule has 3 atom stereocenters. The van der Waals surface area contributed by atoms with Crippen molar-refractivity contribution in [2.45, 2.75) is 57.3 Å². The molecular weight excluding hydrogens is 279 g/mol. The lowest BCUT2D eigenvalue weighted by Gasteiger charge is -2.32. The second-order valence-corrected chi connectivity index (χ2v) is 7.85. The molecule has 7 heteroatoms. The highest BCUT2D eigenvalue weighted by Crippen LogP contribution is 2.37. The maximum Gasteiger partial charge on any atom is 0.391 e. The van der Waals surface area contributed by atoms with Crippen molar-refractivity contribution in [3.63, 3.8) is 0 Å². The predicted molar refractivity (Wildman–Crippen MR) is 68.7 cm³/mol. The van der Waals surface area contributed by atoms with Gasteiger partial charge in [0.25, 0.3) is 0 Å². The summed E-state index contributed by atoms with van der Waals surface area (Å²) in [6.45, 7) is 1.82. The average molecular weight is 301 g/mol. The van der Waals surface area contributed by atoms with Crippen LogP contribution >= 0.6 is 0 Å². The first-order chi connectivity index (χ1) is 8.58. The van der Waals surface area contributed by atoms with Crippen molar-refractivity contribution in [2.75, 3.05) is 12.0 Å². The maximum atomic E-state index is 12.6. The van der Waals surface area contributed by atoms with Gasteiger partial charge >= 0.3 is 6.18 Å². The number of alkyl halides is 3. The van der Waals surface area contributed by atoms with Gasteiger partial charge in [-0.15, -0.1) is 0 Å². The number of halogens is 3. The fraction of sp³-hybridized carbons (Fsp3) is 1.00. The van der Waals surface area contributed by atoms with Gasteiger partial charge in [0.05, 0.1) is 11.7 Å². The van der Waals surface area contributed by atoms with E-state index < -0.39 is 21.9 Å². The molecule has 0 spiro atoms. The van der Waals surface area contributed by atoms with Crippen molar-refractivity contribution in [1.82, 2.24) is 5.32 Å². The third-order valence-electron chi connectivity index (χ3n) is 3.58. The first-order valence-electron chi connectivity index (χ1n) is 6.58. The topological polar surface area (TPSA) is 46.2 Å². The van der Waals surface area contributed by atoms with Crippen LogP contribution in [0.2, 0.25) is 0 Å². The van der Waals surface area contributed by atoms with Gasteiger partial charge in [0.1, 0.15) is 9.84 Å². The third-order valence-corrected chi connectivity index (χ3v) is 4.56. The van der Waals surface area contributed by atoms with E-state index in [9.17, 15) is 21.6 Å². The molecule has 3 nitrogen and oxygen atoms in total. The van der Waals surface area contributed by atoms with Crippen LogP contribution in [-0.2, 0) is 9.84 Å². The second kappa shape index (κ2) is 6.43. The Labute approximate surface area is 112 Å². The molecule has 1 fully saturated rings. The number of sulfone groups is 1. The Kier molecular flexibility index (Phi) is 5.67. The molecule has 1 aliphatic carbocycles. The van der Waals surface area contributed by atoms with Gasteiger partial charge in [-0.25, -0.2) is 8.42 Å². The molecule has 0 bridgehead atoms. The third kappa shape index (κ3) is 6.61. The highest BCUT2D eigenvalue weighted by molar-refractivity contribution is 7.90. The van der Waals surface area contributed by atoms with E-state index in [1.54, 1.807) is 0 Å². The maximum absolute atomic E-state index is 12.6. The zero-order chi connectivity index (χ0) is 14.7. The molecule has 1 N–H and O–H groups in total. The zero-order valence-corrected chi connectivity index (χ0v) is 12.1. The fourth-order valence-electron chi connectivity index (χ4n) is 2.52. The molecule has 0 amide bonds. The molecule has 0 radical (unpaired) electrons. The summed E-state index contributed by atoms with van der Waals surface area (Å²) in [4.78, 5) is 0. The van der Waals surface area contributed by atoms with Crippen molar-refractivity contribution >= 4 is 9.84 Å². The molecule has 0 aromatic heterocycles. The number of nitrogens with one attached hydrogen (secondary N) is 1. The van der Waals surface area contributed by atoms with E-state index in [1.165, 1.54) is 6.26 Å². The van der Waals surface area contributed by atoms with Crippen molar-refractivity contribution in [1.29, 1.82) is 0 Å². The quantitative estimate of drug-likeness (QED) is 0.849. The number of hydrogen-bond donors (Lipinski definition) is 1. The van der Waals surface area contributed by atoms with Crippen molar-refractivity contribution in [3.8, 4) is 0 Å². The summed E-state index contributed by atoms with van der Waals surface area (Å²) in [5.41, 5.74) is 0. The van der Waals surface area contributed by atoms with E-state index in [-0.39, 0.29) is 30.7 Å². The number of rotatable bonds is 5. The molecule has 3 unspecified atom stereocenters. The Morgan fingerprint density at radius 1 is 1.32 bits per heavy atom. The van der Waals surface area contributed by atoms with Crippen molar-refractivity contribution < 1.29 is 21.6 Å². The molecule has 19 heavy (non-hydrogen) atoms. The molecule has 0 aliphatic heterocycles. The lowest BCUT2D eigenvalue weighted by molar-refractivity contribution is -0.183. The van der Waals surface area contributed by atoms with E-state index in [0.717, 1.165) is 6.42 Å². The summed E-state index contributed by atoms with van der Waals surface area (Å²) in [5, 5.41) is 3.13. The van der Waals surface area contributed by atoms with Crippen LogP contribution in [0.25, 0.3) is 0 Å². The summed E-state index contributed by atoms with van der Waals surface area (Å²) in [5.74, 6) is -1.16. The largest absolute Gasteiger partial charge is 0.391 e. The van der Waals surface area contributed by atoms with E-state index in [0.29, 0.717) is 12.8 Å². The summed E-state index contributed by atoms with van der Waals surface area (Å²) in [7, 11) is -3.01. The summed E-state index contributed by atoms with van der Waals surface area (Å²) < 4.78 is 60.0. The Bertz CT molecular complexity index is 381. The Morgan fingerprint density at radius 2 is 1.95 bits per heavy atom. The smallest absolute Gasteiger partial charge is 0.311 e. The van der Waals surface area contributed by atoms with Crippen LogP contribution in [0, 0.1) is 5.92 Å². The van der Waals surface area contributed by atoms with Crippen LogP contribution in [0.4, 0.5) is 13.2 Å². The molecule has 1 aliphatic rings. The highest BCUT2D eigenvalue weighted by atomic mass is 32.2. The molecule has 114 valence electrons. The summed E-state index contributed by atoms with van der Waals surface area (Å²) >= 11 is 0. The minimum Gasteiger partial charge on any atom is -0.311 e. The normalized spacial score (nSPS) is 27.2. The standard InChI is InChI=1S/C12H22F3NO2S/c1-9(6-7-19(2,17)18)16-11-5-3-4-10(8-11)12(13,14)15/h9-11,16H,3-8H2,1-2H3. The van der Waals surface area contributed by atoms with Gasteiger partial charge in [-0.05, 0) is 32.6 Å². The van der Waals surface area contributed by atoms with Crippen LogP contribution in [0.1, 0.15) is 39.0 Å². The van der Waals surface area contributed by atoms with Crippen molar-refractivity contribution in [3.05, 3.63) is 0 Å². The second-order valence-electron chi connectivity index (χ2n) is 5.59. The number of hydrogen-bond acceptors (Lipinski definition) is 3. The fourth-order valence-corrected chi connectivity index (χ4v) is 3.30. The van der Waals surface area contributed by atoms with Crippen LogP contribution in [0.15, 0.2) is 0 Å². The Balaban J connectivity index is 2.40. The molecule has 0 aromatic carbocycles. The monoisotopic (exact) mass is 301 g/mol. The molecule has 0 saturated heterocycles. The van der Waals surface area contributed by atoms with Gasteiger partial charge < -0.3 is 5.32 Å². The van der Waals surface area contributed by atoms with Crippen LogP contribution in [0.3, 0.4) is 0 Å². The minimum absolute atomic E-state index is 0.0661. The van der Waals surface area contributed by atoms with Crippen LogP contribution in [-0.4, -0.2) is 38.7 Å². The lowest BCUT2D eigenvalue weighted by atomic mass is 9.85. The van der Waals surface area contributed by atoms with Crippen LogP contribution < -0.4 is 5.32 Å². The van der Waals surface area contributed by atoms with Gasteiger partial charge in [-0.3, -0.25) is 0 Å². The van der Waals surface area contributed by atoms with Gasteiger partial charge in [-0.2, -0.15) is 13.2 Å². The molecule has 1 rings (SSSR count). The van der Waals surface area contributed by atoms with Gasteiger partial charge in [0.2, 0.25) is 0 Å². The zero-order valence-electron chi connectivity index (χ0n) is 11.3. The predicted octanol–water partition coefficient (Wildman–Crippen LogP) is 2.52. The van der Waals surface area contributed by atoms with E-state index in [4.69, 9.17) is 0 Å². The van der Waals surface area contributed by atoms with Crippen LogP contribution in [0.5, 0.6) is 0 Å². The summed E-state index contributed by atoms with van der Waals surface area (Å²) in [6, 6.07) is -0.235. The van der Waals surface area contributed by atoms with Gasteiger partial charge in [-0.1, -0.05) is 6.42 Å². The first kappa shape index (κ1) is 16.8. The van der Waals surface area contributed by atoms with E-state index >= 15 is 0 Å². The van der Waals surface area contributed by atoms with Crippen molar-refractivity contribution in [2.24, 2.45) is 5.92 Å². The summed E-state index contributed by atoms with van der Waals surface area (Å²) in [6.07, 6.45) is -0.898. The molecular formula is C12H22F3NO2S. The molecule has 1 saturated carbocycles. The van der Waals surface area contributed by atoms with E-state index in [2.05, 4.69) is 5.32 Å². The van der Waals surface area contributed by atoms with Gasteiger partial charge in [0.15, 0.2) is 0 Å². The average Bonchev–Trinajstić information content (AvgIpc) is 2.25. The van der Waals surface area contributed by atoms with Gasteiger partial charge in [0, 0.05) is 18.3 Å². The van der Waals surface area contributed by atoms with E-state index in [1.807, 2.05) is 6.92 Å². The Hall–Kier alpha value is -0.300. The highest BCUT2D eigenvalue weighted by Gasteiger charge is 2.42. The first-order valence-corrected chi connectivity index (χ1v) is 8.64. The molecule has 0 heterocycles. The molecule has 0 aromatic rings. The SMILES string of the molecule is CC(CCS(C)(=O)=O)NC1CCCC(C(F)(F)F)C1. The Morgan fingerprint density at radius 3 is 2.47 bits per heavy atom. The minimum atomic E-state index is -4.11. The lowest BCUT2D eigenvalue weighted by Crippen LogP contribution is -2.43.